The summed E-state index contributed by atoms with van der Waals surface area (Å²) in [6, 6.07) is 9.54. The summed E-state index contributed by atoms with van der Waals surface area (Å²) in [5.41, 5.74) is -0.355. The van der Waals surface area contributed by atoms with Gasteiger partial charge in [0.25, 0.3) is 0 Å². The molecule has 0 radical (unpaired) electrons. The molecule has 0 unspecified atom stereocenters. The molecule has 5 nitrogen and oxygen atoms in total. The highest BCUT2D eigenvalue weighted by Crippen LogP contribution is 2.48. The number of rotatable bonds is 4. The van der Waals surface area contributed by atoms with Gasteiger partial charge in [-0.15, -0.1) is 0 Å². The zero-order chi connectivity index (χ0) is 14.2. The van der Waals surface area contributed by atoms with Gasteiger partial charge in [0.05, 0.1) is 6.61 Å². The number of carbonyl (C=O) groups is 2. The molecule has 3 rings (SSSR count). The zero-order valence-corrected chi connectivity index (χ0v) is 11.0. The molecule has 5 heteroatoms. The first-order valence-corrected chi connectivity index (χ1v) is 6.74. The molecule has 1 aliphatic carbocycles. The fourth-order valence-electron chi connectivity index (χ4n) is 2.52. The minimum Gasteiger partial charge on any atom is -0.480 e. The molecular weight excluding hydrogens is 260 g/mol. The monoisotopic (exact) mass is 276 g/mol. The standard InChI is InChI=1S/C15H16O5/c16-13(17)15(7-8-15)14(18)20-11-6-9-19-12(11)10-4-2-1-3-5-10/h1-5,11-12H,6-9H2,(H,16,17)/t11-,12+/m0/s1. The second-order valence-corrected chi connectivity index (χ2v) is 5.32. The van der Waals surface area contributed by atoms with E-state index < -0.39 is 23.5 Å². The largest absolute Gasteiger partial charge is 0.480 e. The average Bonchev–Trinajstić information content (AvgIpc) is 3.15. The third kappa shape index (κ3) is 2.18. The average molecular weight is 276 g/mol. The molecule has 2 aliphatic rings. The van der Waals surface area contributed by atoms with Crippen molar-refractivity contribution in [2.75, 3.05) is 6.61 Å². The van der Waals surface area contributed by atoms with E-state index in [2.05, 4.69) is 0 Å². The second kappa shape index (κ2) is 4.90. The number of hydrogen-bond donors (Lipinski definition) is 1. The Morgan fingerprint density at radius 3 is 2.55 bits per heavy atom. The predicted molar refractivity (Wildman–Crippen MR) is 68.9 cm³/mol. The van der Waals surface area contributed by atoms with Crippen molar-refractivity contribution in [1.82, 2.24) is 0 Å². The maximum atomic E-state index is 12.0. The van der Waals surface area contributed by atoms with Crippen molar-refractivity contribution in [3.8, 4) is 0 Å². The molecular formula is C15H16O5. The van der Waals surface area contributed by atoms with Crippen LogP contribution in [0.15, 0.2) is 30.3 Å². The van der Waals surface area contributed by atoms with E-state index in [0.29, 0.717) is 25.9 Å². The van der Waals surface area contributed by atoms with Crippen LogP contribution in [0.2, 0.25) is 0 Å². The number of esters is 1. The van der Waals surface area contributed by atoms with Crippen LogP contribution in [-0.2, 0) is 19.1 Å². The van der Waals surface area contributed by atoms with Gasteiger partial charge < -0.3 is 14.6 Å². The first-order chi connectivity index (χ1) is 9.63. The van der Waals surface area contributed by atoms with Gasteiger partial charge in [-0.3, -0.25) is 9.59 Å². The molecule has 0 spiro atoms. The molecule has 1 heterocycles. The summed E-state index contributed by atoms with van der Waals surface area (Å²) in [4.78, 5) is 23.2. The summed E-state index contributed by atoms with van der Waals surface area (Å²) < 4.78 is 11.0. The third-order valence-corrected chi connectivity index (χ3v) is 3.97. The Hall–Kier alpha value is -1.88. The van der Waals surface area contributed by atoms with Crippen LogP contribution < -0.4 is 0 Å². The second-order valence-electron chi connectivity index (χ2n) is 5.32. The summed E-state index contributed by atoms with van der Waals surface area (Å²) in [6.45, 7) is 0.511. The Labute approximate surface area is 116 Å². The lowest BCUT2D eigenvalue weighted by Crippen LogP contribution is -2.32. The van der Waals surface area contributed by atoms with Gasteiger partial charge in [0.1, 0.15) is 12.2 Å². The maximum absolute atomic E-state index is 12.0. The van der Waals surface area contributed by atoms with Crippen LogP contribution in [0.4, 0.5) is 0 Å². The van der Waals surface area contributed by atoms with Crippen molar-refractivity contribution in [1.29, 1.82) is 0 Å². The van der Waals surface area contributed by atoms with Gasteiger partial charge in [0.15, 0.2) is 5.41 Å². The lowest BCUT2D eigenvalue weighted by atomic mass is 10.0. The summed E-state index contributed by atoms with van der Waals surface area (Å²) in [6.07, 6.45) is 0.628. The summed E-state index contributed by atoms with van der Waals surface area (Å²) in [5.74, 6) is -1.71. The van der Waals surface area contributed by atoms with Gasteiger partial charge in [-0.25, -0.2) is 0 Å². The molecule has 1 saturated carbocycles. The Morgan fingerprint density at radius 1 is 1.25 bits per heavy atom. The van der Waals surface area contributed by atoms with Crippen LogP contribution in [0, 0.1) is 5.41 Å². The fraction of sp³-hybridized carbons (Fsp3) is 0.467. The molecule has 20 heavy (non-hydrogen) atoms. The van der Waals surface area contributed by atoms with Crippen molar-refractivity contribution in [3.05, 3.63) is 35.9 Å². The first kappa shape index (κ1) is 13.1. The molecule has 0 aromatic heterocycles. The molecule has 2 fully saturated rings. The van der Waals surface area contributed by atoms with E-state index >= 15 is 0 Å². The molecule has 1 aliphatic heterocycles. The van der Waals surface area contributed by atoms with Crippen LogP contribution >= 0.6 is 0 Å². The lowest BCUT2D eigenvalue weighted by molar-refractivity contribution is -0.166. The van der Waals surface area contributed by atoms with Crippen LogP contribution in [0.3, 0.4) is 0 Å². The highest BCUT2D eigenvalue weighted by Gasteiger charge is 2.59. The van der Waals surface area contributed by atoms with E-state index in [1.807, 2.05) is 30.3 Å². The van der Waals surface area contributed by atoms with Crippen LogP contribution in [-0.4, -0.2) is 29.8 Å². The van der Waals surface area contributed by atoms with Crippen LogP contribution in [0.25, 0.3) is 0 Å². The van der Waals surface area contributed by atoms with Gasteiger partial charge in [-0.1, -0.05) is 30.3 Å². The van der Waals surface area contributed by atoms with E-state index in [1.165, 1.54) is 0 Å². The molecule has 1 saturated heterocycles. The minimum absolute atomic E-state index is 0.301. The molecule has 2 atom stereocenters. The topological polar surface area (TPSA) is 72.8 Å². The lowest BCUT2D eigenvalue weighted by Gasteiger charge is -2.21. The Balaban J connectivity index is 1.71. The number of ether oxygens (including phenoxy) is 2. The predicted octanol–water partition coefficient (Wildman–Crippen LogP) is 1.92. The quantitative estimate of drug-likeness (QED) is 0.672. The van der Waals surface area contributed by atoms with Gasteiger partial charge in [0, 0.05) is 6.42 Å². The number of carboxylic acid groups (broad SMARTS) is 1. The van der Waals surface area contributed by atoms with Crippen LogP contribution in [0.5, 0.6) is 0 Å². The Bertz CT molecular complexity index is 520. The molecule has 0 bridgehead atoms. The Morgan fingerprint density at radius 2 is 1.95 bits per heavy atom. The first-order valence-electron chi connectivity index (χ1n) is 6.74. The summed E-state index contributed by atoms with van der Waals surface area (Å²) in [7, 11) is 0. The zero-order valence-electron chi connectivity index (χ0n) is 11.0. The maximum Gasteiger partial charge on any atom is 0.323 e. The van der Waals surface area contributed by atoms with E-state index in [9.17, 15) is 9.59 Å². The number of carbonyl (C=O) groups excluding carboxylic acids is 1. The molecule has 106 valence electrons. The summed E-state index contributed by atoms with van der Waals surface area (Å²) in [5, 5.41) is 9.10. The number of hydrogen-bond acceptors (Lipinski definition) is 4. The number of aliphatic carboxylic acids is 1. The van der Waals surface area contributed by atoms with Crippen molar-refractivity contribution in [2.45, 2.75) is 31.5 Å². The van der Waals surface area contributed by atoms with Crippen LogP contribution in [0.1, 0.15) is 30.9 Å². The molecule has 1 aromatic carbocycles. The van der Waals surface area contributed by atoms with Gasteiger partial charge >= 0.3 is 11.9 Å². The Kier molecular flexibility index (Phi) is 3.22. The van der Waals surface area contributed by atoms with Crippen molar-refractivity contribution in [3.63, 3.8) is 0 Å². The number of benzene rings is 1. The SMILES string of the molecule is O=C(O)C1(C(=O)O[C@H]2CCO[C@@H]2c2ccccc2)CC1. The van der Waals surface area contributed by atoms with Gasteiger partial charge in [0.2, 0.25) is 0 Å². The third-order valence-electron chi connectivity index (χ3n) is 3.97. The van der Waals surface area contributed by atoms with Gasteiger partial charge in [-0.2, -0.15) is 0 Å². The van der Waals surface area contributed by atoms with Crippen molar-refractivity contribution in [2.24, 2.45) is 5.41 Å². The smallest absolute Gasteiger partial charge is 0.323 e. The summed E-state index contributed by atoms with van der Waals surface area (Å²) >= 11 is 0. The molecule has 1 aromatic rings. The highest BCUT2D eigenvalue weighted by atomic mass is 16.6. The molecule has 0 amide bonds. The number of carboxylic acids is 1. The highest BCUT2D eigenvalue weighted by molar-refractivity contribution is 6.02. The van der Waals surface area contributed by atoms with Crippen molar-refractivity contribution >= 4 is 11.9 Å². The van der Waals surface area contributed by atoms with E-state index in [0.717, 1.165) is 5.56 Å². The minimum atomic E-state index is -1.30. The normalized spacial score (nSPS) is 27.0. The van der Waals surface area contributed by atoms with Gasteiger partial charge in [-0.05, 0) is 18.4 Å². The van der Waals surface area contributed by atoms with E-state index in [-0.39, 0.29) is 6.10 Å². The fourth-order valence-corrected chi connectivity index (χ4v) is 2.52. The van der Waals surface area contributed by atoms with Crippen molar-refractivity contribution < 1.29 is 24.2 Å². The molecule has 1 N–H and O–H groups in total. The van der Waals surface area contributed by atoms with E-state index in [1.54, 1.807) is 0 Å². The van der Waals surface area contributed by atoms with E-state index in [4.69, 9.17) is 14.6 Å².